The van der Waals surface area contributed by atoms with Gasteiger partial charge in [-0.3, -0.25) is 9.48 Å². The van der Waals surface area contributed by atoms with E-state index in [0.717, 1.165) is 27.9 Å². The van der Waals surface area contributed by atoms with Crippen LogP contribution in [0.3, 0.4) is 0 Å². The number of aromatic nitrogens is 5. The average molecular weight is 414 g/mol. The summed E-state index contributed by atoms with van der Waals surface area (Å²) >= 11 is 0. The fourth-order valence-electron chi connectivity index (χ4n) is 4.03. The Bertz CT molecular complexity index is 1410. The number of hydrogen-bond acceptors (Lipinski definition) is 5. The second-order valence-electron chi connectivity index (χ2n) is 7.50. The molecule has 0 aliphatic rings. The Morgan fingerprint density at radius 1 is 1.13 bits per heavy atom. The first-order valence-corrected chi connectivity index (χ1v) is 10.1. The van der Waals surface area contributed by atoms with Crippen molar-refractivity contribution in [1.29, 1.82) is 0 Å². The number of benzene rings is 1. The second kappa shape index (κ2) is 7.39. The van der Waals surface area contributed by atoms with E-state index in [2.05, 4.69) is 25.0 Å². The lowest BCUT2D eigenvalue weighted by molar-refractivity contribution is 0.0954. The Morgan fingerprint density at radius 3 is 2.77 bits per heavy atom. The molecule has 5 aromatic rings. The van der Waals surface area contributed by atoms with Crippen LogP contribution in [0.5, 0.6) is 0 Å². The van der Waals surface area contributed by atoms with Crippen molar-refractivity contribution in [2.24, 2.45) is 7.05 Å². The molecule has 31 heavy (non-hydrogen) atoms. The van der Waals surface area contributed by atoms with Crippen LogP contribution in [0.15, 0.2) is 53.1 Å². The van der Waals surface area contributed by atoms with E-state index < -0.39 is 0 Å². The van der Waals surface area contributed by atoms with Crippen molar-refractivity contribution in [2.45, 2.75) is 20.4 Å². The standard InChI is InChI=1S/C23H22N6O2/c1-14-21-16(13-18(20-9-6-12-31-20)26-22(21)28(3)27-14)23(30)24-10-11-29-15(2)25-17-7-4-5-8-19(17)29/h4-9,12-13H,10-11H2,1-3H3,(H,24,30). The van der Waals surface area contributed by atoms with E-state index in [-0.39, 0.29) is 5.91 Å². The van der Waals surface area contributed by atoms with Gasteiger partial charge in [0.25, 0.3) is 5.91 Å². The van der Waals surface area contributed by atoms with Gasteiger partial charge in [0, 0.05) is 20.1 Å². The highest BCUT2D eigenvalue weighted by molar-refractivity contribution is 6.07. The van der Waals surface area contributed by atoms with Gasteiger partial charge in [-0.2, -0.15) is 5.10 Å². The lowest BCUT2D eigenvalue weighted by Crippen LogP contribution is -2.28. The van der Waals surface area contributed by atoms with Crippen LogP contribution in [0.2, 0.25) is 0 Å². The average Bonchev–Trinajstić information content (AvgIpc) is 3.47. The summed E-state index contributed by atoms with van der Waals surface area (Å²) in [6, 6.07) is 13.4. The van der Waals surface area contributed by atoms with E-state index in [1.165, 1.54) is 0 Å². The molecule has 0 spiro atoms. The van der Waals surface area contributed by atoms with Crippen molar-refractivity contribution in [2.75, 3.05) is 6.54 Å². The fourth-order valence-corrected chi connectivity index (χ4v) is 4.03. The predicted octanol–water partition coefficient (Wildman–Crippen LogP) is 3.62. The number of hydrogen-bond donors (Lipinski definition) is 1. The highest BCUT2D eigenvalue weighted by Gasteiger charge is 2.20. The van der Waals surface area contributed by atoms with E-state index in [1.807, 2.05) is 51.2 Å². The van der Waals surface area contributed by atoms with Crippen LogP contribution in [0.4, 0.5) is 0 Å². The molecule has 0 unspecified atom stereocenters. The van der Waals surface area contributed by atoms with E-state index >= 15 is 0 Å². The molecule has 1 amide bonds. The van der Waals surface area contributed by atoms with Crippen LogP contribution in [0.25, 0.3) is 33.5 Å². The highest BCUT2D eigenvalue weighted by Crippen LogP contribution is 2.27. The molecule has 0 saturated heterocycles. The monoisotopic (exact) mass is 414 g/mol. The zero-order valence-corrected chi connectivity index (χ0v) is 17.6. The lowest BCUT2D eigenvalue weighted by Gasteiger charge is -2.10. The summed E-state index contributed by atoms with van der Waals surface area (Å²) in [5, 5.41) is 8.25. The van der Waals surface area contributed by atoms with Crippen molar-refractivity contribution in [3.8, 4) is 11.5 Å². The van der Waals surface area contributed by atoms with Gasteiger partial charge in [-0.15, -0.1) is 0 Å². The molecule has 4 aromatic heterocycles. The molecule has 8 nitrogen and oxygen atoms in total. The summed E-state index contributed by atoms with van der Waals surface area (Å²) in [6.45, 7) is 4.96. The molecule has 4 heterocycles. The molecule has 1 aromatic carbocycles. The molecule has 0 saturated carbocycles. The number of amides is 1. The van der Waals surface area contributed by atoms with E-state index in [1.54, 1.807) is 23.1 Å². The van der Waals surface area contributed by atoms with E-state index in [9.17, 15) is 4.79 Å². The van der Waals surface area contributed by atoms with Crippen molar-refractivity contribution >= 4 is 28.0 Å². The summed E-state index contributed by atoms with van der Waals surface area (Å²) < 4.78 is 9.30. The smallest absolute Gasteiger partial charge is 0.252 e. The second-order valence-corrected chi connectivity index (χ2v) is 7.50. The number of rotatable bonds is 5. The zero-order chi connectivity index (χ0) is 21.5. The lowest BCUT2D eigenvalue weighted by atomic mass is 10.1. The molecular weight excluding hydrogens is 392 g/mol. The fraction of sp³-hybridized carbons (Fsp3) is 0.217. The van der Waals surface area contributed by atoms with Crippen LogP contribution >= 0.6 is 0 Å². The number of furan rings is 1. The highest BCUT2D eigenvalue weighted by atomic mass is 16.3. The largest absolute Gasteiger partial charge is 0.463 e. The van der Waals surface area contributed by atoms with Gasteiger partial charge in [0.05, 0.1) is 33.9 Å². The number of aryl methyl sites for hydroxylation is 3. The maximum atomic E-state index is 13.2. The minimum atomic E-state index is -0.168. The molecule has 1 N–H and O–H groups in total. The summed E-state index contributed by atoms with van der Waals surface area (Å²) in [7, 11) is 1.82. The van der Waals surface area contributed by atoms with Crippen LogP contribution in [0, 0.1) is 13.8 Å². The Balaban J connectivity index is 1.44. The Kier molecular flexibility index (Phi) is 4.54. The third-order valence-electron chi connectivity index (χ3n) is 5.45. The third kappa shape index (κ3) is 3.26. The molecule has 0 radical (unpaired) electrons. The van der Waals surface area contributed by atoms with E-state index in [0.29, 0.717) is 35.8 Å². The number of nitrogens with zero attached hydrogens (tertiary/aromatic N) is 5. The van der Waals surface area contributed by atoms with E-state index in [4.69, 9.17) is 4.42 Å². The first-order chi connectivity index (χ1) is 15.0. The molecule has 156 valence electrons. The van der Waals surface area contributed by atoms with Crippen LogP contribution in [-0.2, 0) is 13.6 Å². The van der Waals surface area contributed by atoms with Gasteiger partial charge in [-0.25, -0.2) is 9.97 Å². The molecular formula is C23H22N6O2. The Morgan fingerprint density at radius 2 is 1.97 bits per heavy atom. The molecule has 5 rings (SSSR count). The number of pyridine rings is 1. The van der Waals surface area contributed by atoms with Crippen molar-refractivity contribution in [3.05, 3.63) is 65.8 Å². The normalized spacial score (nSPS) is 11.5. The summed E-state index contributed by atoms with van der Waals surface area (Å²) in [5.41, 5.74) is 4.56. The van der Waals surface area contributed by atoms with Gasteiger partial charge in [0.15, 0.2) is 11.4 Å². The Labute approximate surface area is 178 Å². The number of imidazole rings is 1. The molecule has 0 fully saturated rings. The van der Waals surface area contributed by atoms with Gasteiger partial charge in [-0.1, -0.05) is 12.1 Å². The van der Waals surface area contributed by atoms with Crippen molar-refractivity contribution < 1.29 is 9.21 Å². The number of para-hydroxylation sites is 2. The third-order valence-corrected chi connectivity index (χ3v) is 5.45. The first kappa shape index (κ1) is 19.0. The number of carbonyl (C=O) groups is 1. The quantitative estimate of drug-likeness (QED) is 0.474. The molecule has 0 bridgehead atoms. The van der Waals surface area contributed by atoms with Gasteiger partial charge >= 0.3 is 0 Å². The van der Waals surface area contributed by atoms with Gasteiger partial charge in [0.1, 0.15) is 11.5 Å². The SMILES string of the molecule is Cc1nn(C)c2nc(-c3ccco3)cc(C(=O)NCCn3c(C)nc4ccccc43)c12. The molecule has 0 atom stereocenters. The van der Waals surface area contributed by atoms with Crippen LogP contribution in [-0.4, -0.2) is 36.8 Å². The molecule has 8 heteroatoms. The zero-order valence-electron chi connectivity index (χ0n) is 17.6. The predicted molar refractivity (Wildman–Crippen MR) is 118 cm³/mol. The van der Waals surface area contributed by atoms with Gasteiger partial charge < -0.3 is 14.3 Å². The van der Waals surface area contributed by atoms with Crippen LogP contribution in [0.1, 0.15) is 21.9 Å². The topological polar surface area (TPSA) is 90.8 Å². The van der Waals surface area contributed by atoms with Gasteiger partial charge in [0.2, 0.25) is 0 Å². The summed E-state index contributed by atoms with van der Waals surface area (Å²) in [6.07, 6.45) is 1.59. The van der Waals surface area contributed by atoms with Gasteiger partial charge in [-0.05, 0) is 44.2 Å². The number of nitrogens with one attached hydrogen (secondary N) is 1. The maximum absolute atomic E-state index is 13.2. The first-order valence-electron chi connectivity index (χ1n) is 10.1. The van der Waals surface area contributed by atoms with Crippen LogP contribution < -0.4 is 5.32 Å². The summed E-state index contributed by atoms with van der Waals surface area (Å²) in [4.78, 5) is 22.4. The number of carbonyl (C=O) groups excluding carboxylic acids is 1. The number of fused-ring (bicyclic) bond motifs is 2. The maximum Gasteiger partial charge on any atom is 0.252 e. The Hall–Kier alpha value is -3.94. The molecule has 0 aliphatic carbocycles. The van der Waals surface area contributed by atoms with Crippen molar-refractivity contribution in [1.82, 2.24) is 29.6 Å². The minimum Gasteiger partial charge on any atom is -0.463 e. The molecule has 0 aliphatic heterocycles. The minimum absolute atomic E-state index is 0.168. The summed E-state index contributed by atoms with van der Waals surface area (Å²) in [5.74, 6) is 1.36. The van der Waals surface area contributed by atoms with Crippen molar-refractivity contribution in [3.63, 3.8) is 0 Å².